The Balaban J connectivity index is 2.21. The van der Waals surface area contributed by atoms with Gasteiger partial charge >= 0.3 is 0 Å². The third-order valence-corrected chi connectivity index (χ3v) is 3.55. The molecule has 0 unspecified atom stereocenters. The normalized spacial score (nSPS) is 19.1. The van der Waals surface area contributed by atoms with Crippen molar-refractivity contribution in [2.45, 2.75) is 26.3 Å². The fraction of sp³-hybridized carbons (Fsp3) is 0.600. The van der Waals surface area contributed by atoms with Crippen LogP contribution in [0.25, 0.3) is 0 Å². The Morgan fingerprint density at radius 1 is 1.22 bits per heavy atom. The first kappa shape index (κ1) is 13.5. The quantitative estimate of drug-likeness (QED) is 0.884. The Kier molecular flexibility index (Phi) is 4.72. The minimum Gasteiger partial charge on any atom is -0.314 e. The average Bonchev–Trinajstić information content (AvgIpc) is 2.38. The highest BCUT2D eigenvalue weighted by Gasteiger charge is 2.24. The molecule has 0 aromatic heterocycles. The first-order valence-electron chi connectivity index (χ1n) is 6.87. The third-order valence-electron chi connectivity index (χ3n) is 3.55. The van der Waals surface area contributed by atoms with E-state index in [4.69, 9.17) is 0 Å². The molecule has 1 saturated heterocycles. The minimum absolute atomic E-state index is 0.0679. The van der Waals surface area contributed by atoms with Crippen molar-refractivity contribution in [3.8, 4) is 0 Å². The van der Waals surface area contributed by atoms with Crippen LogP contribution in [0.3, 0.4) is 0 Å². The average molecular weight is 250 g/mol. The van der Waals surface area contributed by atoms with Crippen molar-refractivity contribution in [1.82, 2.24) is 10.2 Å². The van der Waals surface area contributed by atoms with Gasteiger partial charge in [-0.1, -0.05) is 32.0 Å². The number of hydrogen-bond donors (Lipinski definition) is 1. The summed E-state index contributed by atoms with van der Waals surface area (Å²) in [6.45, 7) is 8.43. The molecule has 1 heterocycles. The lowest BCUT2D eigenvalue weighted by Gasteiger charge is -2.36. The van der Waals surface area contributed by atoms with Gasteiger partial charge in [0.1, 0.15) is 5.82 Å². The molecule has 0 radical (unpaired) electrons. The standard InChI is InChI=1S/C15H23FN2/c1-12(2)11-15(18-9-7-17-8-10-18)13-5-3-4-6-14(13)16/h3-6,12,15,17H,7-11H2,1-2H3/t15-/m1/s1. The lowest BCUT2D eigenvalue weighted by Crippen LogP contribution is -2.45. The molecule has 2 nitrogen and oxygen atoms in total. The highest BCUT2D eigenvalue weighted by atomic mass is 19.1. The van der Waals surface area contributed by atoms with E-state index in [1.54, 1.807) is 12.1 Å². The number of hydrogen-bond acceptors (Lipinski definition) is 2. The van der Waals surface area contributed by atoms with Crippen LogP contribution in [-0.4, -0.2) is 31.1 Å². The maximum absolute atomic E-state index is 14.0. The molecule has 1 fully saturated rings. The second-order valence-corrected chi connectivity index (χ2v) is 5.45. The second kappa shape index (κ2) is 6.30. The SMILES string of the molecule is CC(C)C[C@H](c1ccccc1F)N1CCNCC1. The van der Waals surface area contributed by atoms with Crippen LogP contribution >= 0.6 is 0 Å². The predicted molar refractivity (Wildman–Crippen MR) is 73.0 cm³/mol. The van der Waals surface area contributed by atoms with E-state index in [0.717, 1.165) is 38.2 Å². The van der Waals surface area contributed by atoms with Crippen molar-refractivity contribution >= 4 is 0 Å². The van der Waals surface area contributed by atoms with Crippen LogP contribution in [0.4, 0.5) is 4.39 Å². The van der Waals surface area contributed by atoms with Gasteiger partial charge in [-0.3, -0.25) is 4.90 Å². The number of piperazine rings is 1. The van der Waals surface area contributed by atoms with Crippen molar-refractivity contribution in [1.29, 1.82) is 0 Å². The van der Waals surface area contributed by atoms with Gasteiger partial charge in [0.15, 0.2) is 0 Å². The molecule has 1 aromatic carbocycles. The van der Waals surface area contributed by atoms with Gasteiger partial charge in [-0.25, -0.2) is 4.39 Å². The van der Waals surface area contributed by atoms with Crippen molar-refractivity contribution < 1.29 is 4.39 Å². The number of rotatable bonds is 4. The Morgan fingerprint density at radius 3 is 2.50 bits per heavy atom. The molecule has 1 N–H and O–H groups in total. The van der Waals surface area contributed by atoms with Gasteiger partial charge in [-0.2, -0.15) is 0 Å². The third kappa shape index (κ3) is 3.30. The van der Waals surface area contributed by atoms with Crippen LogP contribution < -0.4 is 5.32 Å². The van der Waals surface area contributed by atoms with Crippen molar-refractivity contribution in [3.05, 3.63) is 35.6 Å². The molecular formula is C15H23FN2. The van der Waals surface area contributed by atoms with E-state index in [1.165, 1.54) is 0 Å². The van der Waals surface area contributed by atoms with E-state index in [-0.39, 0.29) is 11.9 Å². The first-order chi connectivity index (χ1) is 8.68. The van der Waals surface area contributed by atoms with Crippen LogP contribution in [0, 0.1) is 11.7 Å². The zero-order valence-corrected chi connectivity index (χ0v) is 11.3. The summed E-state index contributed by atoms with van der Waals surface area (Å²) in [5.41, 5.74) is 0.855. The van der Waals surface area contributed by atoms with Gasteiger partial charge in [0.25, 0.3) is 0 Å². The maximum atomic E-state index is 14.0. The summed E-state index contributed by atoms with van der Waals surface area (Å²) < 4.78 is 14.0. The van der Waals surface area contributed by atoms with Gasteiger partial charge in [0.05, 0.1) is 0 Å². The van der Waals surface area contributed by atoms with E-state index >= 15 is 0 Å². The molecule has 1 aromatic rings. The largest absolute Gasteiger partial charge is 0.314 e. The topological polar surface area (TPSA) is 15.3 Å². The highest BCUT2D eigenvalue weighted by Crippen LogP contribution is 2.29. The Morgan fingerprint density at radius 2 is 1.89 bits per heavy atom. The predicted octanol–water partition coefficient (Wildman–Crippen LogP) is 2.82. The van der Waals surface area contributed by atoms with Crippen molar-refractivity contribution in [2.75, 3.05) is 26.2 Å². The van der Waals surface area contributed by atoms with E-state index in [2.05, 4.69) is 24.1 Å². The maximum Gasteiger partial charge on any atom is 0.127 e. The molecule has 1 aliphatic rings. The summed E-state index contributed by atoms with van der Waals surface area (Å²) in [5.74, 6) is 0.506. The van der Waals surface area contributed by atoms with Crippen LogP contribution in [0.2, 0.25) is 0 Å². The summed E-state index contributed by atoms with van der Waals surface area (Å²) in [5, 5.41) is 3.35. The fourth-order valence-electron chi connectivity index (χ4n) is 2.66. The zero-order chi connectivity index (χ0) is 13.0. The Hall–Kier alpha value is -0.930. The molecule has 0 saturated carbocycles. The number of benzene rings is 1. The molecule has 100 valence electrons. The van der Waals surface area contributed by atoms with Gasteiger partial charge in [-0.05, 0) is 18.4 Å². The number of halogens is 1. The first-order valence-corrected chi connectivity index (χ1v) is 6.87. The molecule has 1 aliphatic heterocycles. The Labute approximate surface area is 109 Å². The van der Waals surface area contributed by atoms with E-state index in [0.29, 0.717) is 5.92 Å². The van der Waals surface area contributed by atoms with Crippen LogP contribution in [0.5, 0.6) is 0 Å². The summed E-state index contributed by atoms with van der Waals surface area (Å²) in [6.07, 6.45) is 1.01. The van der Waals surface area contributed by atoms with Crippen LogP contribution in [-0.2, 0) is 0 Å². The summed E-state index contributed by atoms with van der Waals surface area (Å²) in [6, 6.07) is 7.43. The molecule has 0 spiro atoms. The highest BCUT2D eigenvalue weighted by molar-refractivity contribution is 5.21. The molecule has 0 bridgehead atoms. The minimum atomic E-state index is -0.0679. The summed E-state index contributed by atoms with van der Waals surface area (Å²) in [4.78, 5) is 2.41. The number of nitrogens with zero attached hydrogens (tertiary/aromatic N) is 1. The molecular weight excluding hydrogens is 227 g/mol. The van der Waals surface area contributed by atoms with Crippen molar-refractivity contribution in [3.63, 3.8) is 0 Å². The smallest absolute Gasteiger partial charge is 0.127 e. The van der Waals surface area contributed by atoms with Gasteiger partial charge in [0, 0.05) is 37.8 Å². The monoisotopic (exact) mass is 250 g/mol. The van der Waals surface area contributed by atoms with Gasteiger partial charge in [-0.15, -0.1) is 0 Å². The van der Waals surface area contributed by atoms with Crippen LogP contribution in [0.1, 0.15) is 31.9 Å². The lowest BCUT2D eigenvalue weighted by molar-refractivity contribution is 0.151. The van der Waals surface area contributed by atoms with E-state index in [9.17, 15) is 4.39 Å². The zero-order valence-electron chi connectivity index (χ0n) is 11.3. The Bertz CT molecular complexity index is 373. The molecule has 1 atom stereocenters. The summed E-state index contributed by atoms with van der Waals surface area (Å²) >= 11 is 0. The van der Waals surface area contributed by atoms with E-state index in [1.807, 2.05) is 12.1 Å². The molecule has 0 aliphatic carbocycles. The molecule has 3 heteroatoms. The van der Waals surface area contributed by atoms with Crippen molar-refractivity contribution in [2.24, 2.45) is 5.92 Å². The molecule has 0 amide bonds. The van der Waals surface area contributed by atoms with Gasteiger partial charge in [0.2, 0.25) is 0 Å². The number of nitrogens with one attached hydrogen (secondary N) is 1. The summed E-state index contributed by atoms with van der Waals surface area (Å²) in [7, 11) is 0. The van der Waals surface area contributed by atoms with Gasteiger partial charge < -0.3 is 5.32 Å². The second-order valence-electron chi connectivity index (χ2n) is 5.45. The van der Waals surface area contributed by atoms with Crippen LogP contribution in [0.15, 0.2) is 24.3 Å². The molecule has 18 heavy (non-hydrogen) atoms. The molecule has 2 rings (SSSR count). The lowest BCUT2D eigenvalue weighted by atomic mass is 9.94. The van der Waals surface area contributed by atoms with E-state index < -0.39 is 0 Å². The fourth-order valence-corrected chi connectivity index (χ4v) is 2.66.